The summed E-state index contributed by atoms with van der Waals surface area (Å²) in [6.07, 6.45) is 0.815. The highest BCUT2D eigenvalue weighted by molar-refractivity contribution is 4.94. The molecule has 1 atom stereocenters. The molecular weight excluding hydrogens is 164 g/mol. The Labute approximate surface area is 70.3 Å². The molecule has 1 spiro atoms. The van der Waals surface area contributed by atoms with Gasteiger partial charge in [0.15, 0.2) is 0 Å². The predicted molar refractivity (Wildman–Crippen MR) is 40.3 cm³/mol. The van der Waals surface area contributed by atoms with Gasteiger partial charge in [0.25, 0.3) is 5.92 Å². The lowest BCUT2D eigenvalue weighted by Gasteiger charge is -2.36. The Morgan fingerprint density at radius 3 is 2.67 bits per heavy atom. The molecule has 0 aromatic carbocycles. The summed E-state index contributed by atoms with van der Waals surface area (Å²) in [7, 11) is 0. The first-order valence-corrected chi connectivity index (χ1v) is 4.28. The lowest BCUT2D eigenvalue weighted by molar-refractivity contribution is -0.161. The van der Waals surface area contributed by atoms with Crippen molar-refractivity contribution in [1.29, 1.82) is 0 Å². The lowest BCUT2D eigenvalue weighted by Crippen LogP contribution is -2.44. The minimum absolute atomic E-state index is 0.00694. The molecule has 0 aromatic rings. The highest BCUT2D eigenvalue weighted by Gasteiger charge is 2.47. The van der Waals surface area contributed by atoms with Gasteiger partial charge in [0.2, 0.25) is 0 Å². The summed E-state index contributed by atoms with van der Waals surface area (Å²) in [4.78, 5) is 0. The molecule has 1 N–H and O–H groups in total. The van der Waals surface area contributed by atoms with Gasteiger partial charge >= 0.3 is 0 Å². The Hall–Kier alpha value is -0.220. The predicted octanol–water partition coefficient (Wildman–Crippen LogP) is 1.02. The second-order valence-corrected chi connectivity index (χ2v) is 3.95. The molecule has 2 fully saturated rings. The van der Waals surface area contributed by atoms with E-state index in [1.54, 1.807) is 0 Å². The van der Waals surface area contributed by atoms with Crippen LogP contribution in [0.25, 0.3) is 0 Å². The number of alkyl halides is 2. The molecule has 0 saturated carbocycles. The molecule has 0 amide bonds. The van der Waals surface area contributed by atoms with Crippen molar-refractivity contribution in [3.05, 3.63) is 0 Å². The van der Waals surface area contributed by atoms with Gasteiger partial charge in [0, 0.05) is 18.4 Å². The number of hydrogen-bond donors (Lipinski definition) is 1. The van der Waals surface area contributed by atoms with Crippen molar-refractivity contribution in [3.63, 3.8) is 0 Å². The van der Waals surface area contributed by atoms with Gasteiger partial charge in [-0.15, -0.1) is 0 Å². The third-order valence-electron chi connectivity index (χ3n) is 2.69. The molecule has 0 aliphatic carbocycles. The van der Waals surface area contributed by atoms with Crippen LogP contribution in [0, 0.1) is 5.41 Å². The summed E-state index contributed by atoms with van der Waals surface area (Å²) in [6.45, 7) is 1.63. The molecule has 0 aromatic heterocycles. The van der Waals surface area contributed by atoms with Crippen molar-refractivity contribution in [2.75, 3.05) is 26.3 Å². The Bertz CT molecular complexity index is 178. The molecule has 2 aliphatic heterocycles. The van der Waals surface area contributed by atoms with Crippen LogP contribution in [0.1, 0.15) is 12.8 Å². The van der Waals surface area contributed by atoms with Gasteiger partial charge in [-0.2, -0.15) is 0 Å². The molecule has 0 radical (unpaired) electrons. The smallest absolute Gasteiger partial charge is 0.271 e. The van der Waals surface area contributed by atoms with Crippen molar-refractivity contribution in [1.82, 2.24) is 5.32 Å². The molecule has 2 heterocycles. The molecule has 12 heavy (non-hydrogen) atoms. The fourth-order valence-electron chi connectivity index (χ4n) is 2.14. The van der Waals surface area contributed by atoms with Gasteiger partial charge in [0.05, 0.1) is 6.61 Å². The monoisotopic (exact) mass is 177 g/mol. The van der Waals surface area contributed by atoms with Crippen molar-refractivity contribution < 1.29 is 13.5 Å². The van der Waals surface area contributed by atoms with E-state index >= 15 is 0 Å². The van der Waals surface area contributed by atoms with E-state index in [4.69, 9.17) is 4.74 Å². The van der Waals surface area contributed by atoms with E-state index in [9.17, 15) is 8.78 Å². The Kier molecular flexibility index (Phi) is 1.84. The number of hydrogen-bond acceptors (Lipinski definition) is 2. The number of rotatable bonds is 0. The molecule has 70 valence electrons. The highest BCUT2D eigenvalue weighted by atomic mass is 19.3. The van der Waals surface area contributed by atoms with Gasteiger partial charge in [-0.1, -0.05) is 0 Å². The third kappa shape index (κ3) is 1.45. The summed E-state index contributed by atoms with van der Waals surface area (Å²) in [5.41, 5.74) is -0.276. The summed E-state index contributed by atoms with van der Waals surface area (Å²) >= 11 is 0. The zero-order chi connectivity index (χ0) is 8.66. The molecule has 2 saturated heterocycles. The Morgan fingerprint density at radius 1 is 1.25 bits per heavy atom. The maximum Gasteiger partial charge on any atom is 0.271 e. The van der Waals surface area contributed by atoms with Crippen molar-refractivity contribution in [2.45, 2.75) is 18.8 Å². The number of ether oxygens (including phenoxy) is 1. The van der Waals surface area contributed by atoms with Crippen LogP contribution in [-0.2, 0) is 4.74 Å². The van der Waals surface area contributed by atoms with E-state index in [0.29, 0.717) is 13.2 Å². The van der Waals surface area contributed by atoms with Gasteiger partial charge < -0.3 is 10.1 Å². The van der Waals surface area contributed by atoms with Crippen molar-refractivity contribution >= 4 is 0 Å². The second-order valence-electron chi connectivity index (χ2n) is 3.95. The van der Waals surface area contributed by atoms with E-state index in [0.717, 1.165) is 13.0 Å². The summed E-state index contributed by atoms with van der Waals surface area (Å²) in [6, 6.07) is 0. The van der Waals surface area contributed by atoms with Crippen LogP contribution >= 0.6 is 0 Å². The van der Waals surface area contributed by atoms with Crippen LogP contribution in [0.15, 0.2) is 0 Å². The summed E-state index contributed by atoms with van der Waals surface area (Å²) in [5, 5.41) is 3.11. The van der Waals surface area contributed by atoms with Crippen LogP contribution < -0.4 is 5.32 Å². The van der Waals surface area contributed by atoms with Crippen LogP contribution in [0.2, 0.25) is 0 Å². The summed E-state index contributed by atoms with van der Waals surface area (Å²) < 4.78 is 30.8. The maximum absolute atomic E-state index is 12.9. The minimum atomic E-state index is -2.61. The first-order valence-electron chi connectivity index (χ1n) is 4.28. The molecular formula is C8H13F2NO. The van der Waals surface area contributed by atoms with E-state index in [-0.39, 0.29) is 11.8 Å². The minimum Gasteiger partial charge on any atom is -0.375 e. The van der Waals surface area contributed by atoms with Gasteiger partial charge in [0.1, 0.15) is 6.61 Å². The van der Waals surface area contributed by atoms with E-state index < -0.39 is 12.5 Å². The van der Waals surface area contributed by atoms with Gasteiger partial charge in [-0.05, 0) is 13.0 Å². The fraction of sp³-hybridized carbons (Fsp3) is 1.00. The molecule has 2 aliphatic rings. The average molecular weight is 177 g/mol. The zero-order valence-electron chi connectivity index (χ0n) is 6.91. The number of nitrogens with one attached hydrogen (secondary N) is 1. The topological polar surface area (TPSA) is 21.3 Å². The molecule has 1 unspecified atom stereocenters. The SMILES string of the molecule is FC1(F)COCC2(CCNC2)C1. The fourth-order valence-corrected chi connectivity index (χ4v) is 2.14. The van der Waals surface area contributed by atoms with Crippen LogP contribution in [0.3, 0.4) is 0 Å². The van der Waals surface area contributed by atoms with Crippen LogP contribution in [-0.4, -0.2) is 32.2 Å². The first kappa shape index (κ1) is 8.38. The lowest BCUT2D eigenvalue weighted by atomic mass is 9.80. The summed E-state index contributed by atoms with van der Waals surface area (Å²) in [5.74, 6) is -2.61. The van der Waals surface area contributed by atoms with Gasteiger partial charge in [-0.25, -0.2) is 8.78 Å². The quantitative estimate of drug-likeness (QED) is 0.596. The molecule has 0 bridgehead atoms. The molecule has 2 nitrogen and oxygen atoms in total. The van der Waals surface area contributed by atoms with E-state index in [2.05, 4.69) is 5.32 Å². The first-order chi connectivity index (χ1) is 5.62. The highest BCUT2D eigenvalue weighted by Crippen LogP contribution is 2.41. The number of halogens is 2. The third-order valence-corrected chi connectivity index (χ3v) is 2.69. The second kappa shape index (κ2) is 2.64. The normalized spacial score (nSPS) is 40.5. The zero-order valence-corrected chi connectivity index (χ0v) is 6.91. The largest absolute Gasteiger partial charge is 0.375 e. The maximum atomic E-state index is 12.9. The van der Waals surface area contributed by atoms with E-state index in [1.165, 1.54) is 0 Å². The Balaban J connectivity index is 2.07. The molecule has 4 heteroatoms. The van der Waals surface area contributed by atoms with E-state index in [1.807, 2.05) is 0 Å². The van der Waals surface area contributed by atoms with Crippen LogP contribution in [0.5, 0.6) is 0 Å². The standard InChI is InChI=1S/C8H13F2NO/c9-8(10)3-7(5-12-6-8)1-2-11-4-7/h11H,1-6H2. The average Bonchev–Trinajstić information content (AvgIpc) is 2.34. The Morgan fingerprint density at radius 2 is 2.08 bits per heavy atom. The van der Waals surface area contributed by atoms with Gasteiger partial charge in [-0.3, -0.25) is 0 Å². The van der Waals surface area contributed by atoms with Crippen molar-refractivity contribution in [3.8, 4) is 0 Å². The molecule has 2 rings (SSSR count). The van der Waals surface area contributed by atoms with Crippen LogP contribution in [0.4, 0.5) is 8.78 Å². The van der Waals surface area contributed by atoms with Crippen molar-refractivity contribution in [2.24, 2.45) is 5.41 Å².